The third-order valence-electron chi connectivity index (χ3n) is 2.69. The van der Waals surface area contributed by atoms with Crippen molar-refractivity contribution in [3.63, 3.8) is 0 Å². The van der Waals surface area contributed by atoms with Gasteiger partial charge in [-0.2, -0.15) is 5.10 Å². The van der Waals surface area contributed by atoms with Crippen molar-refractivity contribution in [3.05, 3.63) is 47.5 Å². The highest BCUT2D eigenvalue weighted by atomic mass is 19.1. The molecular formula is C13H16F2N4O. The van der Waals surface area contributed by atoms with Gasteiger partial charge in [0, 0.05) is 19.2 Å². The van der Waals surface area contributed by atoms with Gasteiger partial charge in [-0.3, -0.25) is 0 Å². The Balaban J connectivity index is 1.93. The highest BCUT2D eigenvalue weighted by molar-refractivity contribution is 5.18. The summed E-state index contributed by atoms with van der Waals surface area (Å²) in [6.07, 6.45) is 1.50. The number of hydrogen-bond donors (Lipinski definition) is 1. The maximum Gasteiger partial charge on any atom is 0.164 e. The van der Waals surface area contributed by atoms with Gasteiger partial charge >= 0.3 is 0 Å². The zero-order valence-electron chi connectivity index (χ0n) is 11.1. The molecule has 0 fully saturated rings. The molecule has 0 aliphatic heterocycles. The monoisotopic (exact) mass is 282 g/mol. The molecule has 0 aliphatic rings. The Kier molecular flexibility index (Phi) is 5.14. The van der Waals surface area contributed by atoms with E-state index in [1.165, 1.54) is 11.0 Å². The summed E-state index contributed by atoms with van der Waals surface area (Å²) in [5.74, 6) is -0.331. The molecule has 1 N–H and O–H groups in total. The van der Waals surface area contributed by atoms with Crippen LogP contribution in [-0.4, -0.2) is 35.0 Å². The predicted octanol–water partition coefficient (Wildman–Crippen LogP) is 1.34. The first-order valence-electron chi connectivity index (χ1n) is 6.21. The van der Waals surface area contributed by atoms with Crippen molar-refractivity contribution in [2.75, 3.05) is 20.3 Å². The lowest BCUT2D eigenvalue weighted by molar-refractivity contribution is 0.199. The summed E-state index contributed by atoms with van der Waals surface area (Å²) >= 11 is 0. The minimum Gasteiger partial charge on any atom is -0.383 e. The zero-order chi connectivity index (χ0) is 14.4. The first kappa shape index (κ1) is 14.5. The minimum absolute atomic E-state index is 0.147. The van der Waals surface area contributed by atoms with Crippen molar-refractivity contribution in [1.29, 1.82) is 0 Å². The fourth-order valence-corrected chi connectivity index (χ4v) is 1.70. The predicted molar refractivity (Wildman–Crippen MR) is 69.1 cm³/mol. The molecule has 0 unspecified atom stereocenters. The molecule has 0 radical (unpaired) electrons. The Labute approximate surface area is 115 Å². The normalized spacial score (nSPS) is 10.9. The molecule has 2 aromatic rings. The van der Waals surface area contributed by atoms with Gasteiger partial charge in [-0.25, -0.2) is 18.4 Å². The van der Waals surface area contributed by atoms with Crippen molar-refractivity contribution in [3.8, 4) is 0 Å². The van der Waals surface area contributed by atoms with E-state index < -0.39 is 11.6 Å². The number of nitrogens with zero attached hydrogens (tertiary/aromatic N) is 3. The second kappa shape index (κ2) is 7.06. The first-order chi connectivity index (χ1) is 9.69. The molecule has 0 bridgehead atoms. The summed E-state index contributed by atoms with van der Waals surface area (Å²) in [7, 11) is 1.63. The van der Waals surface area contributed by atoms with Crippen molar-refractivity contribution in [2.24, 2.45) is 0 Å². The smallest absolute Gasteiger partial charge is 0.164 e. The summed E-state index contributed by atoms with van der Waals surface area (Å²) in [4.78, 5) is 4.09. The molecule has 7 heteroatoms. The van der Waals surface area contributed by atoms with Gasteiger partial charge in [-0.15, -0.1) is 0 Å². The van der Waals surface area contributed by atoms with Gasteiger partial charge in [-0.1, -0.05) is 0 Å². The maximum absolute atomic E-state index is 13.5. The van der Waals surface area contributed by atoms with Gasteiger partial charge in [0.1, 0.15) is 18.0 Å². The number of nitrogens with one attached hydrogen (secondary N) is 1. The van der Waals surface area contributed by atoms with Gasteiger partial charge in [-0.05, 0) is 18.2 Å². The van der Waals surface area contributed by atoms with Gasteiger partial charge in [0.25, 0.3) is 0 Å². The molecule has 0 saturated carbocycles. The summed E-state index contributed by atoms with van der Waals surface area (Å²) in [5, 5.41) is 7.29. The van der Waals surface area contributed by atoms with Crippen LogP contribution < -0.4 is 5.32 Å². The van der Waals surface area contributed by atoms with Crippen LogP contribution in [0, 0.1) is 11.6 Å². The van der Waals surface area contributed by atoms with E-state index in [-0.39, 0.29) is 12.1 Å². The molecular weight excluding hydrogens is 266 g/mol. The van der Waals surface area contributed by atoms with Crippen molar-refractivity contribution in [2.45, 2.75) is 13.1 Å². The third-order valence-corrected chi connectivity index (χ3v) is 2.69. The molecule has 108 valence electrons. The quantitative estimate of drug-likeness (QED) is 0.779. The standard InChI is InChI=1S/C13H16F2N4O/c1-20-5-4-16-7-13-17-9-19(18-13)8-10-6-11(14)2-3-12(10)15/h2-3,6,9,16H,4-5,7-8H2,1H3. The summed E-state index contributed by atoms with van der Waals surface area (Å²) in [5.41, 5.74) is 0.244. The van der Waals surface area contributed by atoms with Gasteiger partial charge in [0.05, 0.1) is 19.7 Å². The Bertz CT molecular complexity index is 559. The van der Waals surface area contributed by atoms with E-state index in [1.807, 2.05) is 0 Å². The van der Waals surface area contributed by atoms with Crippen molar-refractivity contribution < 1.29 is 13.5 Å². The molecule has 2 rings (SSSR count). The number of aromatic nitrogens is 3. The van der Waals surface area contributed by atoms with E-state index in [0.29, 0.717) is 25.5 Å². The van der Waals surface area contributed by atoms with E-state index in [2.05, 4.69) is 15.4 Å². The number of methoxy groups -OCH3 is 1. The molecule has 0 amide bonds. The Hall–Kier alpha value is -1.86. The third kappa shape index (κ3) is 4.07. The highest BCUT2D eigenvalue weighted by Crippen LogP contribution is 2.10. The van der Waals surface area contributed by atoms with Gasteiger partial charge in [0.15, 0.2) is 5.82 Å². The van der Waals surface area contributed by atoms with Crippen LogP contribution in [-0.2, 0) is 17.8 Å². The number of ether oxygens (including phenoxy) is 1. The number of halogens is 2. The molecule has 0 aliphatic carbocycles. The molecule has 1 aromatic heterocycles. The van der Waals surface area contributed by atoms with E-state index in [9.17, 15) is 8.78 Å². The number of benzene rings is 1. The lowest BCUT2D eigenvalue weighted by Crippen LogP contribution is -2.19. The average Bonchev–Trinajstić information content (AvgIpc) is 2.87. The topological polar surface area (TPSA) is 52.0 Å². The number of hydrogen-bond acceptors (Lipinski definition) is 4. The fraction of sp³-hybridized carbons (Fsp3) is 0.385. The molecule has 5 nitrogen and oxygen atoms in total. The second-order valence-electron chi connectivity index (χ2n) is 4.26. The lowest BCUT2D eigenvalue weighted by atomic mass is 10.2. The molecule has 1 aromatic carbocycles. The Morgan fingerprint density at radius 2 is 2.20 bits per heavy atom. The fourth-order valence-electron chi connectivity index (χ4n) is 1.70. The zero-order valence-corrected chi connectivity index (χ0v) is 11.1. The highest BCUT2D eigenvalue weighted by Gasteiger charge is 2.06. The van der Waals surface area contributed by atoms with Crippen LogP contribution in [0.4, 0.5) is 8.78 Å². The maximum atomic E-state index is 13.5. The Morgan fingerprint density at radius 1 is 1.35 bits per heavy atom. The van der Waals surface area contributed by atoms with E-state index in [1.54, 1.807) is 7.11 Å². The summed E-state index contributed by atoms with van der Waals surface area (Å²) in [6.45, 7) is 1.95. The lowest BCUT2D eigenvalue weighted by Gasteiger charge is -2.03. The van der Waals surface area contributed by atoms with Crippen molar-refractivity contribution in [1.82, 2.24) is 20.1 Å². The van der Waals surface area contributed by atoms with Crippen LogP contribution in [0.1, 0.15) is 11.4 Å². The molecule has 0 atom stereocenters. The molecule has 0 saturated heterocycles. The molecule has 0 spiro atoms. The molecule has 20 heavy (non-hydrogen) atoms. The van der Waals surface area contributed by atoms with E-state index >= 15 is 0 Å². The van der Waals surface area contributed by atoms with Crippen LogP contribution in [0.5, 0.6) is 0 Å². The summed E-state index contributed by atoms with van der Waals surface area (Å²) < 4.78 is 32.9. The van der Waals surface area contributed by atoms with Gasteiger partial charge < -0.3 is 10.1 Å². The van der Waals surface area contributed by atoms with Crippen LogP contribution in [0.3, 0.4) is 0 Å². The number of rotatable bonds is 7. The second-order valence-corrected chi connectivity index (χ2v) is 4.26. The first-order valence-corrected chi connectivity index (χ1v) is 6.21. The minimum atomic E-state index is -0.469. The largest absolute Gasteiger partial charge is 0.383 e. The summed E-state index contributed by atoms with van der Waals surface area (Å²) in [6, 6.07) is 3.35. The Morgan fingerprint density at radius 3 is 3.00 bits per heavy atom. The van der Waals surface area contributed by atoms with Crippen LogP contribution in [0.2, 0.25) is 0 Å². The SMILES string of the molecule is COCCNCc1ncn(Cc2cc(F)ccc2F)n1. The van der Waals surface area contributed by atoms with Gasteiger partial charge in [0.2, 0.25) is 0 Å². The molecule has 1 heterocycles. The van der Waals surface area contributed by atoms with Crippen LogP contribution in [0.15, 0.2) is 24.5 Å². The van der Waals surface area contributed by atoms with Crippen LogP contribution in [0.25, 0.3) is 0 Å². The van der Waals surface area contributed by atoms with Crippen molar-refractivity contribution >= 4 is 0 Å². The van der Waals surface area contributed by atoms with Crippen LogP contribution >= 0.6 is 0 Å². The van der Waals surface area contributed by atoms with E-state index in [4.69, 9.17) is 4.74 Å². The average molecular weight is 282 g/mol. The van der Waals surface area contributed by atoms with E-state index in [0.717, 1.165) is 18.2 Å².